The molecule has 0 radical (unpaired) electrons. The van der Waals surface area contributed by atoms with E-state index >= 15 is 0 Å². The molecule has 1 aliphatic heterocycles. The fourth-order valence-corrected chi connectivity index (χ4v) is 2.94. The van der Waals surface area contributed by atoms with Gasteiger partial charge in [-0.1, -0.05) is 18.2 Å². The minimum absolute atomic E-state index is 0. The van der Waals surface area contributed by atoms with Gasteiger partial charge in [0.05, 0.1) is 18.8 Å². The lowest BCUT2D eigenvalue weighted by atomic mass is 9.96. The van der Waals surface area contributed by atoms with Crippen LogP contribution in [0.4, 0.5) is 0 Å². The molecule has 0 amide bonds. The van der Waals surface area contributed by atoms with E-state index in [4.69, 9.17) is 14.5 Å². The van der Waals surface area contributed by atoms with Gasteiger partial charge in [-0.15, -0.1) is 24.0 Å². The van der Waals surface area contributed by atoms with Crippen LogP contribution >= 0.6 is 24.0 Å². The van der Waals surface area contributed by atoms with Crippen LogP contribution in [0.3, 0.4) is 0 Å². The Labute approximate surface area is 168 Å². The maximum Gasteiger partial charge on any atom is 0.191 e. The third-order valence-electron chi connectivity index (χ3n) is 4.59. The molecule has 140 valence electrons. The molecule has 25 heavy (non-hydrogen) atoms. The quantitative estimate of drug-likeness (QED) is 0.373. The summed E-state index contributed by atoms with van der Waals surface area (Å²) in [6, 6.07) is 8.23. The molecule has 3 rings (SSSR count). The zero-order valence-electron chi connectivity index (χ0n) is 15.0. The predicted octanol–water partition coefficient (Wildman–Crippen LogP) is 3.47. The highest BCUT2D eigenvalue weighted by Gasteiger charge is 2.20. The first-order valence-corrected chi connectivity index (χ1v) is 9.23. The van der Waals surface area contributed by atoms with Crippen molar-refractivity contribution in [2.75, 3.05) is 19.7 Å². The van der Waals surface area contributed by atoms with Crippen LogP contribution in [0.15, 0.2) is 29.3 Å². The van der Waals surface area contributed by atoms with E-state index in [2.05, 4.69) is 29.7 Å². The van der Waals surface area contributed by atoms with Gasteiger partial charge in [0.15, 0.2) is 5.96 Å². The molecule has 0 spiro atoms. The van der Waals surface area contributed by atoms with Gasteiger partial charge >= 0.3 is 0 Å². The zero-order valence-corrected chi connectivity index (χ0v) is 17.3. The van der Waals surface area contributed by atoms with Gasteiger partial charge < -0.3 is 20.1 Å². The Balaban J connectivity index is 0.00000225. The van der Waals surface area contributed by atoms with Crippen LogP contribution < -0.4 is 15.4 Å². The minimum atomic E-state index is 0. The highest BCUT2D eigenvalue weighted by atomic mass is 127. The summed E-state index contributed by atoms with van der Waals surface area (Å²) in [5.41, 5.74) is 1.14. The first-order valence-electron chi connectivity index (χ1n) is 9.23. The topological polar surface area (TPSA) is 54.9 Å². The van der Waals surface area contributed by atoms with E-state index in [0.29, 0.717) is 18.8 Å². The Bertz CT molecular complexity index is 543. The van der Waals surface area contributed by atoms with Crippen molar-refractivity contribution in [3.05, 3.63) is 29.8 Å². The molecule has 1 saturated carbocycles. The van der Waals surface area contributed by atoms with Crippen molar-refractivity contribution in [2.45, 2.75) is 57.8 Å². The average molecular weight is 459 g/mol. The third-order valence-corrected chi connectivity index (χ3v) is 4.59. The fraction of sp³-hybridized carbons (Fsp3) is 0.632. The number of guanidine groups is 1. The van der Waals surface area contributed by atoms with Crippen molar-refractivity contribution >= 4 is 29.9 Å². The Hall–Kier alpha value is -1.02. The molecule has 1 aromatic carbocycles. The van der Waals surface area contributed by atoms with E-state index < -0.39 is 0 Å². The van der Waals surface area contributed by atoms with Gasteiger partial charge in [-0.05, 0) is 45.1 Å². The van der Waals surface area contributed by atoms with Crippen LogP contribution in [0.5, 0.6) is 5.75 Å². The lowest BCUT2D eigenvalue weighted by Crippen LogP contribution is -2.41. The van der Waals surface area contributed by atoms with Crippen molar-refractivity contribution in [3.8, 4) is 5.75 Å². The number of hydrogen-bond donors (Lipinski definition) is 2. The summed E-state index contributed by atoms with van der Waals surface area (Å²) in [6.45, 7) is 5.23. The molecule has 1 aliphatic carbocycles. The molecule has 2 fully saturated rings. The van der Waals surface area contributed by atoms with Gasteiger partial charge in [0, 0.05) is 25.3 Å². The molecule has 2 aliphatic rings. The molecule has 6 heteroatoms. The van der Waals surface area contributed by atoms with Gasteiger partial charge in [0.2, 0.25) is 0 Å². The molecule has 1 saturated heterocycles. The Kier molecular flexibility index (Phi) is 8.81. The summed E-state index contributed by atoms with van der Waals surface area (Å²) >= 11 is 0. The van der Waals surface area contributed by atoms with Crippen molar-refractivity contribution in [3.63, 3.8) is 0 Å². The normalized spacial score (nSPS) is 20.5. The molecular formula is C19H30IN3O2. The smallest absolute Gasteiger partial charge is 0.191 e. The monoisotopic (exact) mass is 459 g/mol. The van der Waals surface area contributed by atoms with E-state index in [1.165, 1.54) is 19.3 Å². The number of aliphatic imine (C=N–C) groups is 1. The number of hydrogen-bond acceptors (Lipinski definition) is 3. The summed E-state index contributed by atoms with van der Waals surface area (Å²) in [6.07, 6.45) is 6.61. The van der Waals surface area contributed by atoms with E-state index in [0.717, 1.165) is 49.8 Å². The highest BCUT2D eigenvalue weighted by molar-refractivity contribution is 14.0. The summed E-state index contributed by atoms with van der Waals surface area (Å²) in [5, 5.41) is 6.69. The summed E-state index contributed by atoms with van der Waals surface area (Å²) in [7, 11) is 0. The van der Waals surface area contributed by atoms with Gasteiger partial charge in [-0.2, -0.15) is 0 Å². The number of nitrogens with zero attached hydrogens (tertiary/aromatic N) is 1. The second-order valence-electron chi connectivity index (χ2n) is 6.49. The predicted molar refractivity (Wildman–Crippen MR) is 112 cm³/mol. The number of para-hydroxylation sites is 1. The average Bonchev–Trinajstić information content (AvgIpc) is 3.08. The maximum absolute atomic E-state index is 6.08. The van der Waals surface area contributed by atoms with Gasteiger partial charge in [0.25, 0.3) is 0 Å². The molecule has 1 unspecified atom stereocenters. The molecule has 5 nitrogen and oxygen atoms in total. The van der Waals surface area contributed by atoms with Crippen LogP contribution in [0.2, 0.25) is 0 Å². The molecule has 0 bridgehead atoms. The van der Waals surface area contributed by atoms with Crippen LogP contribution in [0, 0.1) is 0 Å². The van der Waals surface area contributed by atoms with Gasteiger partial charge in [-0.3, -0.25) is 0 Å². The molecule has 1 aromatic rings. The zero-order chi connectivity index (χ0) is 16.6. The number of ether oxygens (including phenoxy) is 2. The lowest BCUT2D eigenvalue weighted by molar-refractivity contribution is 0.113. The standard InChI is InChI=1S/C19H29N3O2.HI/c1-2-20-19(22-14-17-10-6-12-23-17)21-13-15-7-3-4-11-18(15)24-16-8-5-9-16;/h3-4,7,11,16-17H,2,5-6,8-10,12-14H2,1H3,(H2,20,21,22);1H. The second-order valence-corrected chi connectivity index (χ2v) is 6.49. The van der Waals surface area contributed by atoms with Gasteiger partial charge in [-0.25, -0.2) is 4.99 Å². The summed E-state index contributed by atoms with van der Waals surface area (Å²) < 4.78 is 11.7. The van der Waals surface area contributed by atoms with Crippen molar-refractivity contribution in [1.82, 2.24) is 10.6 Å². The van der Waals surface area contributed by atoms with Crippen LogP contribution in [0.1, 0.15) is 44.6 Å². The molecule has 1 heterocycles. The number of halogens is 1. The van der Waals surface area contributed by atoms with Crippen LogP contribution in [0.25, 0.3) is 0 Å². The lowest BCUT2D eigenvalue weighted by Gasteiger charge is -2.27. The molecule has 0 aromatic heterocycles. The van der Waals surface area contributed by atoms with Crippen LogP contribution in [-0.2, 0) is 11.3 Å². The molecule has 2 N–H and O–H groups in total. The van der Waals surface area contributed by atoms with E-state index in [-0.39, 0.29) is 24.0 Å². The SMILES string of the molecule is CCNC(=NCc1ccccc1OC1CCC1)NCC1CCCO1.I. The van der Waals surface area contributed by atoms with Crippen molar-refractivity contribution in [2.24, 2.45) is 4.99 Å². The van der Waals surface area contributed by atoms with E-state index in [1.807, 2.05) is 12.1 Å². The minimum Gasteiger partial charge on any atom is -0.490 e. The fourth-order valence-electron chi connectivity index (χ4n) is 2.94. The van der Waals surface area contributed by atoms with E-state index in [9.17, 15) is 0 Å². The molecule has 1 atom stereocenters. The third kappa shape index (κ3) is 6.33. The van der Waals surface area contributed by atoms with Crippen molar-refractivity contribution < 1.29 is 9.47 Å². The van der Waals surface area contributed by atoms with Gasteiger partial charge in [0.1, 0.15) is 5.75 Å². The Morgan fingerprint density at radius 3 is 2.72 bits per heavy atom. The maximum atomic E-state index is 6.08. The highest BCUT2D eigenvalue weighted by Crippen LogP contribution is 2.27. The first-order chi connectivity index (χ1) is 11.8. The number of rotatable bonds is 7. The largest absolute Gasteiger partial charge is 0.490 e. The number of nitrogens with one attached hydrogen (secondary N) is 2. The second kappa shape index (κ2) is 10.9. The molecular weight excluding hydrogens is 429 g/mol. The van der Waals surface area contributed by atoms with E-state index in [1.54, 1.807) is 0 Å². The first kappa shape index (κ1) is 20.3. The van der Waals surface area contributed by atoms with Crippen LogP contribution in [-0.4, -0.2) is 37.9 Å². The Morgan fingerprint density at radius 1 is 1.20 bits per heavy atom. The number of benzene rings is 1. The summed E-state index contributed by atoms with van der Waals surface area (Å²) in [5.74, 6) is 1.81. The van der Waals surface area contributed by atoms with Crippen molar-refractivity contribution in [1.29, 1.82) is 0 Å². The summed E-state index contributed by atoms with van der Waals surface area (Å²) in [4.78, 5) is 4.72. The Morgan fingerprint density at radius 2 is 2.04 bits per heavy atom.